The van der Waals surface area contributed by atoms with E-state index in [0.717, 1.165) is 38.5 Å². The van der Waals surface area contributed by atoms with E-state index in [1.165, 1.54) is 44.6 Å². The number of benzene rings is 2. The number of aryl methyl sites for hydroxylation is 4. The van der Waals surface area contributed by atoms with E-state index in [1.54, 1.807) is 0 Å². The molecule has 1 heteroatoms. The summed E-state index contributed by atoms with van der Waals surface area (Å²) in [6, 6.07) is 20.7. The maximum Gasteiger partial charge on any atom is 0.214 e. The highest BCUT2D eigenvalue weighted by molar-refractivity contribution is 5.86. The van der Waals surface area contributed by atoms with E-state index in [9.17, 15) is 0 Å². The summed E-state index contributed by atoms with van der Waals surface area (Å²) in [6.45, 7) is 9.36. The first-order valence-corrected chi connectivity index (χ1v) is 11.1. The van der Waals surface area contributed by atoms with Gasteiger partial charge in [0.15, 0.2) is 11.7 Å². The molecule has 29 heavy (non-hydrogen) atoms. The van der Waals surface area contributed by atoms with Gasteiger partial charge in [-0.1, -0.05) is 56.8 Å². The molecule has 1 aromatic heterocycles. The van der Waals surface area contributed by atoms with E-state index in [0.29, 0.717) is 0 Å². The number of hydrogen-bond donors (Lipinski definition) is 0. The number of aromatic nitrogens is 1. The summed E-state index contributed by atoms with van der Waals surface area (Å²) in [4.78, 5) is 0. The molecule has 0 N–H and O–H groups in total. The van der Waals surface area contributed by atoms with Crippen molar-refractivity contribution in [3.05, 3.63) is 95.2 Å². The van der Waals surface area contributed by atoms with Crippen LogP contribution in [0.5, 0.6) is 0 Å². The van der Waals surface area contributed by atoms with Crippen LogP contribution in [-0.2, 0) is 31.2 Å². The average molecular weight is 381 g/mol. The van der Waals surface area contributed by atoms with Gasteiger partial charge in [-0.2, -0.15) is 4.57 Å². The first-order valence-electron chi connectivity index (χ1n) is 11.1. The summed E-state index contributed by atoms with van der Waals surface area (Å²) < 4.78 is 2.52. The summed E-state index contributed by atoms with van der Waals surface area (Å²) in [5.74, 6) is 0. The first kappa shape index (κ1) is 18.4. The van der Waals surface area contributed by atoms with Crippen LogP contribution < -0.4 is 4.57 Å². The van der Waals surface area contributed by atoms with Crippen LogP contribution >= 0.6 is 0 Å². The van der Waals surface area contributed by atoms with Crippen LogP contribution in [0.2, 0.25) is 0 Å². The Kier molecular flexibility index (Phi) is 4.42. The lowest BCUT2D eigenvalue weighted by Crippen LogP contribution is -2.59. The first-order chi connectivity index (χ1) is 14.2. The number of fused-ring (bicyclic) bond motifs is 1. The van der Waals surface area contributed by atoms with Crippen molar-refractivity contribution in [2.75, 3.05) is 0 Å². The lowest BCUT2D eigenvalue weighted by atomic mass is 9.72. The van der Waals surface area contributed by atoms with E-state index in [1.807, 2.05) is 0 Å². The molecule has 0 radical (unpaired) electrons. The van der Waals surface area contributed by atoms with Crippen LogP contribution in [-0.4, -0.2) is 0 Å². The summed E-state index contributed by atoms with van der Waals surface area (Å²) in [5.41, 5.74) is 11.3. The third kappa shape index (κ3) is 2.71. The molecular weight excluding hydrogens is 350 g/mol. The summed E-state index contributed by atoms with van der Waals surface area (Å²) >= 11 is 0. The fourth-order valence-electron chi connectivity index (χ4n) is 5.59. The Hall–Kier alpha value is -2.67. The SMILES string of the molecule is C=C1c2c3ccc(c2-c2cccc[n+]2C1(CC)CC)CCc1ccc(cc1)CC3. The lowest BCUT2D eigenvalue weighted by Gasteiger charge is -2.36. The topological polar surface area (TPSA) is 3.88 Å². The van der Waals surface area contributed by atoms with Crippen molar-refractivity contribution in [3.63, 3.8) is 0 Å². The quantitative estimate of drug-likeness (QED) is 0.475. The molecule has 0 spiro atoms. The van der Waals surface area contributed by atoms with Gasteiger partial charge in [-0.25, -0.2) is 0 Å². The number of pyridine rings is 1. The van der Waals surface area contributed by atoms with Gasteiger partial charge in [-0.05, 0) is 54.0 Å². The fraction of sp³-hybridized carbons (Fsp3) is 0.321. The Morgan fingerprint density at radius 1 is 0.759 bits per heavy atom. The Labute approximate surface area is 174 Å². The molecule has 3 aromatic rings. The van der Waals surface area contributed by atoms with Crippen LogP contribution in [0.15, 0.2) is 67.4 Å². The molecule has 0 amide bonds. The number of allylic oxidation sites excluding steroid dienone is 1. The van der Waals surface area contributed by atoms with Gasteiger partial charge in [0.05, 0.1) is 5.56 Å². The zero-order valence-electron chi connectivity index (χ0n) is 17.7. The minimum atomic E-state index is -0.0330. The molecule has 0 atom stereocenters. The van der Waals surface area contributed by atoms with Crippen LogP contribution in [0, 0.1) is 0 Å². The molecule has 2 heterocycles. The molecule has 4 aliphatic carbocycles. The fourth-order valence-corrected chi connectivity index (χ4v) is 5.59. The zero-order valence-corrected chi connectivity index (χ0v) is 17.7. The Balaban J connectivity index is 1.79. The molecule has 146 valence electrons. The third-order valence-corrected chi connectivity index (χ3v) is 7.38. The van der Waals surface area contributed by atoms with Gasteiger partial charge < -0.3 is 0 Å². The molecule has 0 fully saturated rings. The minimum absolute atomic E-state index is 0.0330. The molecule has 0 saturated heterocycles. The molecule has 4 bridgehead atoms. The molecule has 8 rings (SSSR count). The Morgan fingerprint density at radius 3 is 1.93 bits per heavy atom. The standard InChI is InChI=1S/C28H30N/c1-4-28(5-2)20(3)26-23-15-13-21-9-11-22(12-10-21)14-16-24(18-17-23)27(26)25-8-6-7-19-29(25)28/h6-12,17-19H,3-5,13-16H2,1-2H3/q+1. The van der Waals surface area contributed by atoms with E-state index in [4.69, 9.17) is 6.58 Å². The number of nitrogens with zero attached hydrogens (tertiary/aromatic N) is 1. The van der Waals surface area contributed by atoms with Crippen molar-refractivity contribution in [2.24, 2.45) is 0 Å². The van der Waals surface area contributed by atoms with Crippen molar-refractivity contribution >= 4 is 5.57 Å². The smallest absolute Gasteiger partial charge is 0.189 e. The van der Waals surface area contributed by atoms with Gasteiger partial charge >= 0.3 is 0 Å². The second-order valence-electron chi connectivity index (χ2n) is 8.62. The number of rotatable bonds is 2. The highest BCUT2D eigenvalue weighted by Crippen LogP contribution is 2.46. The predicted octanol–water partition coefficient (Wildman–Crippen LogP) is 6.07. The Morgan fingerprint density at radius 2 is 1.34 bits per heavy atom. The third-order valence-electron chi connectivity index (χ3n) is 7.38. The van der Waals surface area contributed by atoms with Gasteiger partial charge in [0.2, 0.25) is 5.69 Å². The van der Waals surface area contributed by atoms with Crippen molar-refractivity contribution in [1.82, 2.24) is 0 Å². The second-order valence-corrected chi connectivity index (χ2v) is 8.62. The minimum Gasteiger partial charge on any atom is -0.189 e. The summed E-state index contributed by atoms with van der Waals surface area (Å²) in [6.07, 6.45) is 8.69. The van der Waals surface area contributed by atoms with Gasteiger partial charge in [0, 0.05) is 36.1 Å². The van der Waals surface area contributed by atoms with Gasteiger partial charge in [0.1, 0.15) is 0 Å². The largest absolute Gasteiger partial charge is 0.214 e. The highest BCUT2D eigenvalue weighted by atomic mass is 15.1. The molecule has 0 saturated carbocycles. The molecule has 1 aliphatic heterocycles. The monoisotopic (exact) mass is 380 g/mol. The normalized spacial score (nSPS) is 16.7. The van der Waals surface area contributed by atoms with Crippen molar-refractivity contribution in [2.45, 2.75) is 57.9 Å². The van der Waals surface area contributed by atoms with Crippen molar-refractivity contribution in [3.8, 4) is 11.3 Å². The molecule has 1 nitrogen and oxygen atoms in total. The van der Waals surface area contributed by atoms with Gasteiger partial charge in [-0.15, -0.1) is 0 Å². The molecule has 2 aromatic carbocycles. The maximum atomic E-state index is 4.74. The van der Waals surface area contributed by atoms with Crippen molar-refractivity contribution < 1.29 is 4.57 Å². The second kappa shape index (κ2) is 6.99. The summed E-state index contributed by atoms with van der Waals surface area (Å²) in [7, 11) is 0. The molecule has 5 aliphatic rings. The maximum absolute atomic E-state index is 4.74. The van der Waals surface area contributed by atoms with E-state index in [2.05, 4.69) is 79.2 Å². The lowest BCUT2D eigenvalue weighted by molar-refractivity contribution is -0.741. The van der Waals surface area contributed by atoms with Gasteiger partial charge in [0.25, 0.3) is 0 Å². The van der Waals surface area contributed by atoms with E-state index >= 15 is 0 Å². The zero-order chi connectivity index (χ0) is 20.0. The molecule has 0 unspecified atom stereocenters. The van der Waals surface area contributed by atoms with E-state index in [-0.39, 0.29) is 5.54 Å². The van der Waals surface area contributed by atoms with E-state index < -0.39 is 0 Å². The van der Waals surface area contributed by atoms with Gasteiger partial charge in [-0.3, -0.25) is 0 Å². The Bertz CT molecular complexity index is 1080. The van der Waals surface area contributed by atoms with Crippen LogP contribution in [0.25, 0.3) is 16.8 Å². The van der Waals surface area contributed by atoms with Crippen LogP contribution in [0.3, 0.4) is 0 Å². The van der Waals surface area contributed by atoms with Crippen LogP contribution in [0.4, 0.5) is 0 Å². The van der Waals surface area contributed by atoms with Crippen molar-refractivity contribution in [1.29, 1.82) is 0 Å². The highest BCUT2D eigenvalue weighted by Gasteiger charge is 2.47. The predicted molar refractivity (Wildman–Crippen MR) is 121 cm³/mol. The summed E-state index contributed by atoms with van der Waals surface area (Å²) in [5, 5.41) is 0. The molecular formula is C28H30N+. The average Bonchev–Trinajstić information content (AvgIpc) is 2.76. The number of hydrogen-bond acceptors (Lipinski definition) is 0. The van der Waals surface area contributed by atoms with Crippen LogP contribution in [0.1, 0.15) is 54.5 Å².